The van der Waals surface area contributed by atoms with Crippen LogP contribution in [0.2, 0.25) is 0 Å². The standard InChI is InChI=1S/C16H14OS/c1-2-11-7-8-13(17)10-14(11)16-9-12-5-3-4-6-15(12)18-16/h3-10,17H,2H2,1H3. The summed E-state index contributed by atoms with van der Waals surface area (Å²) in [6.45, 7) is 2.14. The Morgan fingerprint density at radius 3 is 2.67 bits per heavy atom. The topological polar surface area (TPSA) is 20.2 Å². The zero-order valence-corrected chi connectivity index (χ0v) is 11.0. The maximum absolute atomic E-state index is 9.67. The highest BCUT2D eigenvalue weighted by Gasteiger charge is 2.08. The normalized spacial score (nSPS) is 10.9. The Bertz CT molecular complexity index is 664. The highest BCUT2D eigenvalue weighted by atomic mass is 32.1. The molecule has 1 aromatic heterocycles. The zero-order valence-electron chi connectivity index (χ0n) is 10.2. The lowest BCUT2D eigenvalue weighted by molar-refractivity contribution is 0.475. The van der Waals surface area contributed by atoms with Crippen molar-refractivity contribution in [2.45, 2.75) is 13.3 Å². The average molecular weight is 254 g/mol. The fraction of sp³-hybridized carbons (Fsp3) is 0.125. The molecule has 0 amide bonds. The van der Waals surface area contributed by atoms with E-state index in [4.69, 9.17) is 0 Å². The monoisotopic (exact) mass is 254 g/mol. The lowest BCUT2D eigenvalue weighted by Crippen LogP contribution is -1.84. The van der Waals surface area contributed by atoms with Crippen molar-refractivity contribution in [2.75, 3.05) is 0 Å². The lowest BCUT2D eigenvalue weighted by atomic mass is 10.0. The van der Waals surface area contributed by atoms with Gasteiger partial charge >= 0.3 is 0 Å². The Hall–Kier alpha value is -1.80. The summed E-state index contributed by atoms with van der Waals surface area (Å²) in [5.41, 5.74) is 2.43. The highest BCUT2D eigenvalue weighted by Crippen LogP contribution is 2.36. The molecule has 2 heteroatoms. The van der Waals surface area contributed by atoms with E-state index in [-0.39, 0.29) is 0 Å². The van der Waals surface area contributed by atoms with E-state index in [1.165, 1.54) is 20.5 Å². The summed E-state index contributed by atoms with van der Waals surface area (Å²) in [6.07, 6.45) is 0.976. The van der Waals surface area contributed by atoms with Gasteiger partial charge in [-0.3, -0.25) is 0 Å². The Kier molecular flexibility index (Phi) is 2.80. The van der Waals surface area contributed by atoms with Gasteiger partial charge in [-0.2, -0.15) is 0 Å². The molecule has 0 aliphatic carbocycles. The van der Waals surface area contributed by atoms with Crippen molar-refractivity contribution in [3.63, 3.8) is 0 Å². The first-order valence-corrected chi connectivity index (χ1v) is 6.90. The quantitative estimate of drug-likeness (QED) is 0.694. The molecular formula is C16H14OS. The first kappa shape index (κ1) is 11.3. The van der Waals surface area contributed by atoms with Gasteiger partial charge in [0.15, 0.2) is 0 Å². The molecule has 18 heavy (non-hydrogen) atoms. The van der Waals surface area contributed by atoms with Crippen LogP contribution in [0.3, 0.4) is 0 Å². The van der Waals surface area contributed by atoms with Crippen LogP contribution in [0.4, 0.5) is 0 Å². The molecule has 0 fully saturated rings. The molecule has 0 aliphatic rings. The number of hydrogen-bond acceptors (Lipinski definition) is 2. The summed E-state index contributed by atoms with van der Waals surface area (Å²) in [4.78, 5) is 1.23. The number of phenolic OH excluding ortho intramolecular Hbond substituents is 1. The number of aryl methyl sites for hydroxylation is 1. The minimum Gasteiger partial charge on any atom is -0.508 e. The van der Waals surface area contributed by atoms with Crippen LogP contribution in [-0.4, -0.2) is 5.11 Å². The number of aromatic hydroxyl groups is 1. The van der Waals surface area contributed by atoms with Crippen molar-refractivity contribution in [2.24, 2.45) is 0 Å². The third kappa shape index (κ3) is 1.89. The molecule has 0 aliphatic heterocycles. The van der Waals surface area contributed by atoms with E-state index in [0.29, 0.717) is 5.75 Å². The van der Waals surface area contributed by atoms with Crippen molar-refractivity contribution in [1.82, 2.24) is 0 Å². The van der Waals surface area contributed by atoms with Gasteiger partial charge in [0.25, 0.3) is 0 Å². The Labute approximate surface area is 110 Å². The van der Waals surface area contributed by atoms with Crippen molar-refractivity contribution in [3.05, 3.63) is 54.1 Å². The van der Waals surface area contributed by atoms with Crippen molar-refractivity contribution in [1.29, 1.82) is 0 Å². The number of thiophene rings is 1. The third-order valence-corrected chi connectivity index (χ3v) is 4.31. The van der Waals surface area contributed by atoms with Gasteiger partial charge in [0.2, 0.25) is 0 Å². The van der Waals surface area contributed by atoms with E-state index in [0.717, 1.165) is 12.0 Å². The summed E-state index contributed by atoms with van der Waals surface area (Å²) < 4.78 is 1.29. The Morgan fingerprint density at radius 1 is 1.06 bits per heavy atom. The zero-order chi connectivity index (χ0) is 12.5. The number of rotatable bonds is 2. The smallest absolute Gasteiger partial charge is 0.116 e. The molecule has 0 spiro atoms. The van der Waals surface area contributed by atoms with Gasteiger partial charge in [0.05, 0.1) is 0 Å². The number of fused-ring (bicyclic) bond motifs is 1. The van der Waals surface area contributed by atoms with E-state index in [1.807, 2.05) is 12.1 Å². The van der Waals surface area contributed by atoms with Crippen LogP contribution in [0.15, 0.2) is 48.5 Å². The molecule has 0 bridgehead atoms. The van der Waals surface area contributed by atoms with Crippen LogP contribution in [0.25, 0.3) is 20.5 Å². The molecule has 1 nitrogen and oxygen atoms in total. The molecule has 0 saturated carbocycles. The maximum atomic E-state index is 9.67. The predicted octanol–water partition coefficient (Wildman–Crippen LogP) is 4.84. The maximum Gasteiger partial charge on any atom is 0.116 e. The van der Waals surface area contributed by atoms with Crippen LogP contribution >= 0.6 is 11.3 Å². The summed E-state index contributed by atoms with van der Waals surface area (Å²) in [5, 5.41) is 10.9. The summed E-state index contributed by atoms with van der Waals surface area (Å²) in [6, 6.07) is 16.2. The van der Waals surface area contributed by atoms with Gasteiger partial charge in [-0.25, -0.2) is 0 Å². The van der Waals surface area contributed by atoms with Crippen molar-refractivity contribution >= 4 is 21.4 Å². The molecule has 90 valence electrons. The molecule has 1 heterocycles. The molecular weight excluding hydrogens is 240 g/mol. The number of hydrogen-bond donors (Lipinski definition) is 1. The van der Waals surface area contributed by atoms with Crippen LogP contribution in [0.1, 0.15) is 12.5 Å². The first-order valence-electron chi connectivity index (χ1n) is 6.09. The predicted molar refractivity (Wildman–Crippen MR) is 78.3 cm³/mol. The molecule has 2 aromatic carbocycles. The number of phenols is 1. The fourth-order valence-corrected chi connectivity index (χ4v) is 3.33. The minimum absolute atomic E-state index is 0.333. The van der Waals surface area contributed by atoms with Gasteiger partial charge < -0.3 is 5.11 Å². The summed E-state index contributed by atoms with van der Waals surface area (Å²) >= 11 is 1.78. The van der Waals surface area contributed by atoms with Gasteiger partial charge in [-0.05, 0) is 47.2 Å². The van der Waals surface area contributed by atoms with E-state index in [2.05, 4.69) is 37.3 Å². The average Bonchev–Trinajstić information content (AvgIpc) is 2.82. The van der Waals surface area contributed by atoms with E-state index >= 15 is 0 Å². The lowest BCUT2D eigenvalue weighted by Gasteiger charge is -2.05. The summed E-state index contributed by atoms with van der Waals surface area (Å²) in [7, 11) is 0. The molecule has 0 unspecified atom stereocenters. The van der Waals surface area contributed by atoms with Crippen LogP contribution < -0.4 is 0 Å². The van der Waals surface area contributed by atoms with Crippen LogP contribution in [0.5, 0.6) is 5.75 Å². The van der Waals surface area contributed by atoms with Gasteiger partial charge in [-0.1, -0.05) is 31.2 Å². The van der Waals surface area contributed by atoms with Crippen molar-refractivity contribution in [3.8, 4) is 16.2 Å². The molecule has 0 saturated heterocycles. The third-order valence-electron chi connectivity index (χ3n) is 3.17. The van der Waals surface area contributed by atoms with Gasteiger partial charge in [0.1, 0.15) is 5.75 Å². The van der Waals surface area contributed by atoms with Crippen molar-refractivity contribution < 1.29 is 5.11 Å². The van der Waals surface area contributed by atoms with Gasteiger partial charge in [0, 0.05) is 9.58 Å². The minimum atomic E-state index is 0.333. The largest absolute Gasteiger partial charge is 0.508 e. The highest BCUT2D eigenvalue weighted by molar-refractivity contribution is 7.22. The molecule has 1 N–H and O–H groups in total. The fourth-order valence-electron chi connectivity index (χ4n) is 2.22. The molecule has 0 atom stereocenters. The Morgan fingerprint density at radius 2 is 1.89 bits per heavy atom. The molecule has 3 aromatic rings. The van der Waals surface area contributed by atoms with E-state index in [9.17, 15) is 5.11 Å². The van der Waals surface area contributed by atoms with Gasteiger partial charge in [-0.15, -0.1) is 11.3 Å². The first-order chi connectivity index (χ1) is 8.78. The second-order valence-corrected chi connectivity index (χ2v) is 5.43. The second kappa shape index (κ2) is 4.46. The molecule has 0 radical (unpaired) electrons. The van der Waals surface area contributed by atoms with E-state index in [1.54, 1.807) is 17.4 Å². The summed E-state index contributed by atoms with van der Waals surface area (Å²) in [5.74, 6) is 0.333. The Balaban J connectivity index is 2.22. The number of benzene rings is 2. The van der Waals surface area contributed by atoms with Crippen LogP contribution in [-0.2, 0) is 6.42 Å². The van der Waals surface area contributed by atoms with E-state index < -0.39 is 0 Å². The second-order valence-electron chi connectivity index (χ2n) is 4.34. The molecule has 3 rings (SSSR count). The van der Waals surface area contributed by atoms with Crippen LogP contribution in [0, 0.1) is 0 Å². The SMILES string of the molecule is CCc1ccc(O)cc1-c1cc2ccccc2s1.